The Morgan fingerprint density at radius 3 is 2.44 bits per heavy atom. The first kappa shape index (κ1) is 16.7. The summed E-state index contributed by atoms with van der Waals surface area (Å²) in [5.41, 5.74) is 3.76. The Kier molecular flexibility index (Phi) is 4.14. The van der Waals surface area contributed by atoms with Gasteiger partial charge < -0.3 is 0 Å². The molecule has 0 radical (unpaired) electrons. The Morgan fingerprint density at radius 2 is 1.68 bits per heavy atom. The van der Waals surface area contributed by atoms with Crippen LogP contribution in [0, 0.1) is 0 Å². The first-order valence-corrected chi connectivity index (χ1v) is 10.3. The maximum atomic E-state index is 12.6. The van der Waals surface area contributed by atoms with Gasteiger partial charge in [0.2, 0.25) is 10.0 Å². The van der Waals surface area contributed by atoms with Gasteiger partial charge in [-0.05, 0) is 53.1 Å². The molecule has 0 unspecified atom stereocenters. The fraction of sp³-hybridized carbons (Fsp3) is 0.158. The molecule has 0 saturated carbocycles. The van der Waals surface area contributed by atoms with Crippen molar-refractivity contribution in [3.05, 3.63) is 75.3 Å². The topological polar surface area (TPSA) is 46.2 Å². The zero-order valence-electron chi connectivity index (χ0n) is 13.2. The second-order valence-electron chi connectivity index (χ2n) is 6.22. The van der Waals surface area contributed by atoms with Crippen LogP contribution in [0.1, 0.15) is 16.7 Å². The molecule has 3 aromatic rings. The molecule has 0 aliphatic heterocycles. The largest absolute Gasteiger partial charge is 0.283 e. The summed E-state index contributed by atoms with van der Waals surface area (Å²) in [6, 6.07) is 14.8. The predicted molar refractivity (Wildman–Crippen MR) is 104 cm³/mol. The molecule has 25 heavy (non-hydrogen) atoms. The molecule has 3 aromatic carbocycles. The summed E-state index contributed by atoms with van der Waals surface area (Å²) in [5.74, 6) is -0.160. The van der Waals surface area contributed by atoms with Crippen molar-refractivity contribution in [2.75, 3.05) is 4.72 Å². The molecule has 0 aromatic heterocycles. The van der Waals surface area contributed by atoms with Crippen molar-refractivity contribution in [2.24, 2.45) is 0 Å². The monoisotopic (exact) mass is 391 g/mol. The molecule has 1 aliphatic carbocycles. The zero-order valence-corrected chi connectivity index (χ0v) is 15.5. The Hall–Kier alpha value is -1.75. The Bertz CT molecular complexity index is 1080. The summed E-state index contributed by atoms with van der Waals surface area (Å²) in [7, 11) is -3.57. The van der Waals surface area contributed by atoms with E-state index < -0.39 is 10.0 Å². The van der Waals surface area contributed by atoms with Gasteiger partial charge in [-0.1, -0.05) is 53.5 Å². The zero-order chi connectivity index (χ0) is 17.6. The fourth-order valence-corrected chi connectivity index (χ4v) is 4.91. The third-order valence-corrected chi connectivity index (χ3v) is 6.47. The van der Waals surface area contributed by atoms with Crippen molar-refractivity contribution in [1.82, 2.24) is 0 Å². The lowest BCUT2D eigenvalue weighted by molar-refractivity contribution is 0.600. The van der Waals surface area contributed by atoms with Gasteiger partial charge in [-0.15, -0.1) is 0 Å². The van der Waals surface area contributed by atoms with Crippen LogP contribution in [0.3, 0.4) is 0 Å². The lowest BCUT2D eigenvalue weighted by Crippen LogP contribution is -2.15. The summed E-state index contributed by atoms with van der Waals surface area (Å²) >= 11 is 11.9. The van der Waals surface area contributed by atoms with Gasteiger partial charge in [-0.2, -0.15) is 0 Å². The summed E-state index contributed by atoms with van der Waals surface area (Å²) in [4.78, 5) is 0. The molecule has 1 aliphatic rings. The van der Waals surface area contributed by atoms with Gasteiger partial charge in [-0.25, -0.2) is 8.42 Å². The third-order valence-electron chi connectivity index (χ3n) is 4.48. The van der Waals surface area contributed by atoms with Crippen LogP contribution in [0.25, 0.3) is 10.8 Å². The van der Waals surface area contributed by atoms with Crippen LogP contribution in [-0.2, 0) is 28.6 Å². The number of anilines is 1. The van der Waals surface area contributed by atoms with Crippen molar-refractivity contribution in [2.45, 2.75) is 18.6 Å². The van der Waals surface area contributed by atoms with Crippen LogP contribution < -0.4 is 4.72 Å². The summed E-state index contributed by atoms with van der Waals surface area (Å²) in [6.07, 6.45) is 2.01. The highest BCUT2D eigenvalue weighted by molar-refractivity contribution is 7.91. The minimum absolute atomic E-state index is 0.160. The number of hydrogen-bond acceptors (Lipinski definition) is 2. The van der Waals surface area contributed by atoms with Crippen molar-refractivity contribution in [3.8, 4) is 0 Å². The quantitative estimate of drug-likeness (QED) is 0.665. The number of benzene rings is 3. The minimum atomic E-state index is -3.57. The van der Waals surface area contributed by atoms with Gasteiger partial charge in [0.05, 0.1) is 21.5 Å². The first-order valence-electron chi connectivity index (χ1n) is 7.91. The Morgan fingerprint density at radius 1 is 0.920 bits per heavy atom. The number of sulfonamides is 1. The van der Waals surface area contributed by atoms with Crippen LogP contribution in [0.2, 0.25) is 10.0 Å². The van der Waals surface area contributed by atoms with E-state index in [0.29, 0.717) is 21.3 Å². The van der Waals surface area contributed by atoms with Gasteiger partial charge in [0, 0.05) is 5.39 Å². The molecule has 6 heteroatoms. The summed E-state index contributed by atoms with van der Waals surface area (Å²) in [6.45, 7) is 0. The molecule has 0 amide bonds. The number of hydrogen-bond donors (Lipinski definition) is 1. The molecular formula is C19H15Cl2NO2S. The highest BCUT2D eigenvalue weighted by Crippen LogP contribution is 2.35. The van der Waals surface area contributed by atoms with E-state index in [2.05, 4.69) is 10.8 Å². The molecule has 0 heterocycles. The molecule has 3 nitrogen and oxygen atoms in total. The smallest absolute Gasteiger partial charge is 0.236 e. The first-order chi connectivity index (χ1) is 11.9. The van der Waals surface area contributed by atoms with E-state index in [-0.39, 0.29) is 5.75 Å². The SMILES string of the molecule is O=S(=O)(Cc1ccc(Cl)c(Cl)c1)Nc1ccc2c3c(cccc13)CC2. The van der Waals surface area contributed by atoms with Gasteiger partial charge >= 0.3 is 0 Å². The second kappa shape index (κ2) is 6.20. The van der Waals surface area contributed by atoms with E-state index in [4.69, 9.17) is 23.2 Å². The Balaban J connectivity index is 1.68. The normalized spacial score (nSPS) is 13.4. The highest BCUT2D eigenvalue weighted by atomic mass is 35.5. The molecule has 0 atom stereocenters. The van der Waals surface area contributed by atoms with Crippen molar-refractivity contribution >= 4 is 49.7 Å². The maximum Gasteiger partial charge on any atom is 0.236 e. The average molecular weight is 392 g/mol. The van der Waals surface area contributed by atoms with E-state index in [1.165, 1.54) is 16.5 Å². The number of nitrogens with one attached hydrogen (secondary N) is 1. The lowest BCUT2D eigenvalue weighted by atomic mass is 10.0. The van der Waals surface area contributed by atoms with E-state index in [1.54, 1.807) is 18.2 Å². The lowest BCUT2D eigenvalue weighted by Gasteiger charge is -2.12. The number of rotatable bonds is 4. The van der Waals surface area contributed by atoms with Crippen molar-refractivity contribution in [1.29, 1.82) is 0 Å². The van der Waals surface area contributed by atoms with E-state index >= 15 is 0 Å². The fourth-order valence-electron chi connectivity index (χ4n) is 3.39. The van der Waals surface area contributed by atoms with Gasteiger partial charge in [0.1, 0.15) is 0 Å². The standard InChI is InChI=1S/C19H15Cl2NO2S/c20-16-8-4-12(10-17(16)21)11-25(23,24)22-18-9-7-14-6-5-13-2-1-3-15(18)19(13)14/h1-4,7-10,22H,5-6,11H2. The molecule has 4 rings (SSSR count). The van der Waals surface area contributed by atoms with Gasteiger partial charge in [0.15, 0.2) is 0 Å². The maximum absolute atomic E-state index is 12.6. The van der Waals surface area contributed by atoms with Crippen LogP contribution in [0.15, 0.2) is 48.5 Å². The summed E-state index contributed by atoms with van der Waals surface area (Å²) < 4.78 is 27.9. The molecule has 128 valence electrons. The predicted octanol–water partition coefficient (Wildman–Crippen LogP) is 5.19. The Labute approximate surface area is 156 Å². The summed E-state index contributed by atoms with van der Waals surface area (Å²) in [5, 5.41) is 2.88. The minimum Gasteiger partial charge on any atom is -0.283 e. The van der Waals surface area contributed by atoms with E-state index in [9.17, 15) is 8.42 Å². The number of halogens is 2. The van der Waals surface area contributed by atoms with E-state index in [1.807, 2.05) is 24.3 Å². The molecular weight excluding hydrogens is 377 g/mol. The van der Waals surface area contributed by atoms with Crippen molar-refractivity contribution in [3.63, 3.8) is 0 Å². The van der Waals surface area contributed by atoms with Gasteiger partial charge in [0.25, 0.3) is 0 Å². The van der Waals surface area contributed by atoms with Gasteiger partial charge in [-0.3, -0.25) is 4.72 Å². The molecule has 0 bridgehead atoms. The van der Waals surface area contributed by atoms with Crippen molar-refractivity contribution < 1.29 is 8.42 Å². The van der Waals surface area contributed by atoms with Crippen LogP contribution in [0.5, 0.6) is 0 Å². The highest BCUT2D eigenvalue weighted by Gasteiger charge is 2.19. The molecule has 0 spiro atoms. The molecule has 0 fully saturated rings. The average Bonchev–Trinajstić information content (AvgIpc) is 2.98. The van der Waals surface area contributed by atoms with Crippen LogP contribution in [0.4, 0.5) is 5.69 Å². The second-order valence-corrected chi connectivity index (χ2v) is 8.76. The molecule has 0 saturated heterocycles. The third kappa shape index (κ3) is 3.22. The van der Waals surface area contributed by atoms with Crippen LogP contribution in [-0.4, -0.2) is 8.42 Å². The molecule has 1 N–H and O–H groups in total. The van der Waals surface area contributed by atoms with E-state index in [0.717, 1.165) is 18.2 Å². The number of aryl methyl sites for hydroxylation is 2. The van der Waals surface area contributed by atoms with Crippen LogP contribution >= 0.6 is 23.2 Å².